The van der Waals surface area contributed by atoms with Gasteiger partial charge in [-0.05, 0) is 101 Å². The maximum Gasteiger partial charge on any atom is 0.373 e. The van der Waals surface area contributed by atoms with E-state index in [4.69, 9.17) is 71.6 Å². The molecule has 21 nitrogen and oxygen atoms in total. The lowest BCUT2D eigenvalue weighted by molar-refractivity contribution is -0.191. The summed E-state index contributed by atoms with van der Waals surface area (Å²) in [5, 5.41) is 15.0. The van der Waals surface area contributed by atoms with Gasteiger partial charge in [-0.25, -0.2) is 27.6 Å². The van der Waals surface area contributed by atoms with E-state index in [1.807, 2.05) is 13.8 Å². The molecule has 6 N–H and O–H groups in total. The molecule has 0 spiro atoms. The topological polar surface area (TPSA) is 307 Å². The Morgan fingerprint density at radius 1 is 0.634 bits per heavy atom. The number of hydrogen-bond acceptors (Lipinski definition) is 14. The summed E-state index contributed by atoms with van der Waals surface area (Å²) in [6.07, 6.45) is 6.73. The van der Waals surface area contributed by atoms with Crippen LogP contribution in [0.4, 0.5) is 13.2 Å². The number of benzene rings is 3. The number of rotatable bonds is 11. The molecule has 0 fully saturated rings. The predicted octanol–water partition coefficient (Wildman–Crippen LogP) is 9.82. The van der Waals surface area contributed by atoms with Crippen molar-refractivity contribution < 1.29 is 66.1 Å². The van der Waals surface area contributed by atoms with Gasteiger partial charge >= 0.3 is 24.1 Å². The minimum atomic E-state index is -1.22. The Morgan fingerprint density at radius 3 is 1.32 bits per heavy atom. The summed E-state index contributed by atoms with van der Waals surface area (Å²) in [6, 6.07) is 9.85. The molecule has 6 rings (SSSR count). The van der Waals surface area contributed by atoms with Crippen LogP contribution < -0.4 is 22.4 Å². The Bertz CT molecular complexity index is 3130. The number of nitrogens with two attached hydrogens (primary N) is 1. The van der Waals surface area contributed by atoms with Crippen LogP contribution in [-0.2, 0) is 61.0 Å². The van der Waals surface area contributed by atoms with Gasteiger partial charge in [-0.2, -0.15) is 9.59 Å². The average Bonchev–Trinajstić information content (AvgIpc) is 4.06. The fraction of sp³-hybridized carbons (Fsp3) is 0.333. The number of carboxylic acid groups (broad SMARTS) is 1. The normalized spacial score (nSPS) is 9.11. The molecule has 0 aliphatic carbocycles. The van der Waals surface area contributed by atoms with Gasteiger partial charge in [-0.3, -0.25) is 38.0 Å². The Morgan fingerprint density at radius 2 is 1.02 bits per heavy atom. The molecule has 0 unspecified atom stereocenters. The van der Waals surface area contributed by atoms with E-state index in [9.17, 15) is 51.5 Å². The predicted molar refractivity (Wildman–Crippen MR) is 309 cm³/mol. The molecule has 0 amide bonds. The number of ether oxygens (including phenoxy) is 3. The van der Waals surface area contributed by atoms with Crippen LogP contribution in [0.25, 0.3) is 0 Å². The van der Waals surface area contributed by atoms with Crippen molar-refractivity contribution in [2.75, 3.05) is 26.4 Å². The molecule has 456 valence electrons. The van der Waals surface area contributed by atoms with E-state index in [2.05, 4.69) is 24.8 Å². The molecule has 82 heavy (non-hydrogen) atoms. The molecule has 28 heteroatoms. The first-order valence-electron chi connectivity index (χ1n) is 22.9. The second-order valence-electron chi connectivity index (χ2n) is 14.9. The summed E-state index contributed by atoms with van der Waals surface area (Å²) in [5.41, 5.74) is 5.86. The molecular weight excluding hydrogens is 1170 g/mol. The van der Waals surface area contributed by atoms with E-state index in [-0.39, 0.29) is 95.7 Å². The van der Waals surface area contributed by atoms with Crippen molar-refractivity contribution in [3.8, 4) is 0 Å². The highest BCUT2D eigenvalue weighted by Crippen LogP contribution is 2.26. The molecule has 6 aromatic rings. The van der Waals surface area contributed by atoms with Gasteiger partial charge in [0.1, 0.15) is 29.3 Å². The molecule has 0 radical (unpaired) electrons. The van der Waals surface area contributed by atoms with Gasteiger partial charge in [0, 0.05) is 56.9 Å². The third kappa shape index (κ3) is 27.6. The van der Waals surface area contributed by atoms with Crippen LogP contribution in [0.15, 0.2) is 87.3 Å². The Labute approximate surface area is 493 Å². The summed E-state index contributed by atoms with van der Waals surface area (Å²) in [4.78, 5) is 105. The zero-order valence-electron chi connectivity index (χ0n) is 45.7. The van der Waals surface area contributed by atoms with Crippen LogP contribution in [-0.4, -0.2) is 95.9 Å². The van der Waals surface area contributed by atoms with Crippen LogP contribution in [0.3, 0.4) is 0 Å². The number of aryl methyl sites for hydroxylation is 7. The average molecular weight is 1240 g/mol. The van der Waals surface area contributed by atoms with E-state index in [0.29, 0.717) is 23.3 Å². The number of H-pyrrole nitrogens is 3. The highest BCUT2D eigenvalue weighted by molar-refractivity contribution is 6.68. The fourth-order valence-corrected chi connectivity index (χ4v) is 6.22. The first-order chi connectivity index (χ1) is 37.1. The van der Waals surface area contributed by atoms with Gasteiger partial charge in [-0.1, -0.05) is 81.7 Å². The van der Waals surface area contributed by atoms with E-state index in [1.54, 1.807) is 61.1 Å². The number of aromatic nitrogens is 6. The summed E-state index contributed by atoms with van der Waals surface area (Å²) in [6.45, 7) is 15.0. The van der Waals surface area contributed by atoms with Gasteiger partial charge in [0.2, 0.25) is 5.78 Å². The van der Waals surface area contributed by atoms with Gasteiger partial charge < -0.3 is 47.8 Å². The summed E-state index contributed by atoms with van der Waals surface area (Å²) < 4.78 is 57.8. The van der Waals surface area contributed by atoms with Crippen LogP contribution in [0, 0.1) is 45.6 Å². The number of ketones is 1. The van der Waals surface area contributed by atoms with Gasteiger partial charge in [0.25, 0.3) is 21.9 Å². The molecule has 0 saturated heterocycles. The monoisotopic (exact) mass is 1240 g/mol. The fourth-order valence-electron chi connectivity index (χ4n) is 5.12. The van der Waals surface area contributed by atoms with Gasteiger partial charge in [0.05, 0.1) is 46.0 Å². The summed E-state index contributed by atoms with van der Waals surface area (Å²) in [7, 11) is 4.86. The SMILES string of the molecule is C.C.CCN.CCOC=C(C(=O)OCC)C(=O)OCC.CCc1c[nH]n(C)c1=O.Cc1ccc(C(=O)Cl)c(Cl)c1F.Cc1ccc(C(=O)O)c(Cl)c1F.Cc1ccc(C(=O)c2c[nH]n(C)c2=O)c(Cl)c1F.Cn1[nH]ccc1=O.O=C=O.[CH3-]. The van der Waals surface area contributed by atoms with Crippen molar-refractivity contribution in [1.82, 2.24) is 29.3 Å². The molecule has 3 aromatic heterocycles. The first kappa shape index (κ1) is 83.1. The molecular formula is C54H71Cl4F3N7O14-. The zero-order valence-corrected chi connectivity index (χ0v) is 48.7. The van der Waals surface area contributed by atoms with Crippen molar-refractivity contribution in [1.29, 1.82) is 0 Å². The number of hydrogen-bond donors (Lipinski definition) is 5. The number of carboxylic acids is 1. The molecule has 0 aliphatic heterocycles. The van der Waals surface area contributed by atoms with Crippen LogP contribution in [0.5, 0.6) is 0 Å². The molecule has 0 saturated carbocycles. The number of aromatic amines is 3. The van der Waals surface area contributed by atoms with Crippen molar-refractivity contribution in [2.45, 2.75) is 76.7 Å². The lowest BCUT2D eigenvalue weighted by Gasteiger charge is -2.06. The van der Waals surface area contributed by atoms with Crippen LogP contribution in [0.1, 0.15) is 108 Å². The molecule has 0 aliphatic rings. The Balaban J connectivity index is -0.000000286. The molecule has 3 heterocycles. The minimum absolute atomic E-state index is 0. The van der Waals surface area contributed by atoms with Crippen molar-refractivity contribution in [2.24, 2.45) is 26.9 Å². The lowest BCUT2D eigenvalue weighted by atomic mass is 10.0. The quantitative estimate of drug-likeness (QED) is 0.0118. The Kier molecular flexibility index (Phi) is 44.6. The van der Waals surface area contributed by atoms with Gasteiger partial charge in [0.15, 0.2) is 5.57 Å². The molecule has 0 atom stereocenters. The Hall–Kier alpha value is -7.73. The highest BCUT2D eigenvalue weighted by atomic mass is 35.5. The number of nitrogens with one attached hydrogen (secondary N) is 3. The van der Waals surface area contributed by atoms with E-state index < -0.39 is 51.9 Å². The van der Waals surface area contributed by atoms with Gasteiger partial charge in [-0.15, -0.1) is 0 Å². The second kappa shape index (κ2) is 44.0. The molecule has 3 aromatic carbocycles. The van der Waals surface area contributed by atoms with E-state index in [1.165, 1.54) is 72.0 Å². The number of halogens is 7. The smallest absolute Gasteiger partial charge is 0.373 e. The van der Waals surface area contributed by atoms with Crippen molar-refractivity contribution in [3.05, 3.63) is 188 Å². The summed E-state index contributed by atoms with van der Waals surface area (Å²) in [5.74, 6) is -5.19. The molecule has 0 bridgehead atoms. The van der Waals surface area contributed by atoms with Crippen molar-refractivity contribution in [3.63, 3.8) is 0 Å². The number of carbonyl (C=O) groups excluding carboxylic acids is 6. The van der Waals surface area contributed by atoms with E-state index >= 15 is 0 Å². The van der Waals surface area contributed by atoms with Crippen LogP contribution >= 0.6 is 46.4 Å². The third-order valence-electron chi connectivity index (χ3n) is 9.27. The number of aromatic carboxylic acids is 1. The maximum absolute atomic E-state index is 13.6. The van der Waals surface area contributed by atoms with Crippen molar-refractivity contribution >= 4 is 81.5 Å². The number of esters is 2. The summed E-state index contributed by atoms with van der Waals surface area (Å²) >= 11 is 21.9. The highest BCUT2D eigenvalue weighted by Gasteiger charge is 2.22. The lowest BCUT2D eigenvalue weighted by Crippen LogP contribution is -2.19. The standard InChI is InChI=1S/C12H10ClFN2O2.C10H16O5.C8H5Cl2FO.C8H6ClFO2.C6H10N2O.C4H6N2O.C2H7N.CO2.2CH4.CH3/c1-6-3-4-7(9(13)10(6)14)11(17)8-5-15-16(2)12(8)18;1-4-13-7-8(9(11)14-5-2)10(12)15-6-3;1-4-2-3-5(8(10)12)6(9)7(4)11;1-4-2-3-5(8(11)12)6(9)7(4)10;1-3-5-4-7-8(2)6(5)9;1-6-4(7)2-3-5-6;1-2-3;2-1-3;;;/h3-5,15H,1-2H3;7H,4-6H2,1-3H3;2-3H,1H3;2-3H,1H3,(H,11,12);4,7H,3H2,1-2H3;2-3,5H,1H3;2-3H2,1H3;;2*1H4;1H3/q;;;;;;;;;;-1. The maximum atomic E-state index is 13.6. The largest absolute Gasteiger partial charge is 0.500 e. The third-order valence-corrected chi connectivity index (χ3v) is 10.6. The second-order valence-corrected chi connectivity index (χ2v) is 16.4. The zero-order chi connectivity index (χ0) is 61.3. The number of carbonyl (C=O) groups is 5. The number of nitrogens with zero attached hydrogens (tertiary/aromatic N) is 3. The van der Waals surface area contributed by atoms with Crippen LogP contribution in [0.2, 0.25) is 15.1 Å². The van der Waals surface area contributed by atoms with E-state index in [0.717, 1.165) is 29.5 Å². The minimum Gasteiger partial charge on any atom is -0.500 e. The first-order valence-corrected chi connectivity index (χ1v) is 24.4.